The molecule has 3 rings (SSSR count). The Morgan fingerprint density at radius 3 is 2.46 bits per heavy atom. The highest BCUT2D eigenvalue weighted by atomic mass is 32.2. The second-order valence-corrected chi connectivity index (χ2v) is 7.11. The first-order chi connectivity index (χ1) is 12.4. The van der Waals surface area contributed by atoms with Crippen LogP contribution in [0, 0.1) is 0 Å². The maximum absolute atomic E-state index is 12.7. The summed E-state index contributed by atoms with van der Waals surface area (Å²) in [7, 11) is 0. The van der Waals surface area contributed by atoms with E-state index in [0.717, 1.165) is 16.7 Å². The van der Waals surface area contributed by atoms with Crippen molar-refractivity contribution >= 4 is 46.3 Å². The third-order valence-electron chi connectivity index (χ3n) is 3.72. The number of aromatic hydroxyl groups is 2. The number of carboxylic acid groups (broad SMARTS) is 1. The molecule has 2 aromatic rings. The Labute approximate surface area is 158 Å². The van der Waals surface area contributed by atoms with Crippen LogP contribution < -0.4 is 5.11 Å². The number of thiocarbonyl (C=S) groups is 1. The minimum atomic E-state index is -1.43. The van der Waals surface area contributed by atoms with Gasteiger partial charge in [-0.25, -0.2) is 0 Å². The largest absolute Gasteiger partial charge is 0.547 e. The molecular weight excluding hydrogens is 374 g/mol. The van der Waals surface area contributed by atoms with E-state index in [1.807, 2.05) is 0 Å². The number of nitrogens with zero attached hydrogens (tertiary/aromatic N) is 1. The number of benzene rings is 2. The molecule has 132 valence electrons. The van der Waals surface area contributed by atoms with Gasteiger partial charge in [-0.05, 0) is 29.3 Å². The van der Waals surface area contributed by atoms with Crippen LogP contribution in [0.1, 0.15) is 17.2 Å². The minimum absolute atomic E-state index is 0.0994. The van der Waals surface area contributed by atoms with Crippen molar-refractivity contribution in [1.29, 1.82) is 0 Å². The van der Waals surface area contributed by atoms with E-state index >= 15 is 0 Å². The van der Waals surface area contributed by atoms with E-state index in [4.69, 9.17) is 12.2 Å². The number of phenolic OH excluding ortho intramolecular Hbond substituents is 2. The van der Waals surface area contributed by atoms with Gasteiger partial charge in [-0.2, -0.15) is 0 Å². The number of hydrogen-bond acceptors (Lipinski definition) is 7. The molecule has 0 spiro atoms. The summed E-state index contributed by atoms with van der Waals surface area (Å²) in [5.41, 5.74) is 0.845. The van der Waals surface area contributed by atoms with E-state index in [1.165, 1.54) is 24.3 Å². The third kappa shape index (κ3) is 3.42. The van der Waals surface area contributed by atoms with E-state index in [9.17, 15) is 24.9 Å². The molecule has 1 saturated heterocycles. The van der Waals surface area contributed by atoms with Crippen LogP contribution in [0.15, 0.2) is 53.4 Å². The summed E-state index contributed by atoms with van der Waals surface area (Å²) >= 11 is 6.16. The van der Waals surface area contributed by atoms with Gasteiger partial charge in [-0.15, -0.1) is 0 Å². The van der Waals surface area contributed by atoms with E-state index in [-0.39, 0.29) is 20.7 Å². The SMILES string of the molecule is O=C([O-])[C@@H](c1ccccc1)N1C(=O)/C(=C\c2ccc(O)c(O)c2)SC1=S. The normalized spacial score (nSPS) is 16.9. The van der Waals surface area contributed by atoms with Gasteiger partial charge in [0.2, 0.25) is 0 Å². The summed E-state index contributed by atoms with van der Waals surface area (Å²) in [6.45, 7) is 0. The van der Waals surface area contributed by atoms with Gasteiger partial charge in [0, 0.05) is 0 Å². The van der Waals surface area contributed by atoms with E-state index < -0.39 is 17.9 Å². The van der Waals surface area contributed by atoms with Crippen molar-refractivity contribution < 1.29 is 24.9 Å². The Morgan fingerprint density at radius 2 is 1.85 bits per heavy atom. The summed E-state index contributed by atoms with van der Waals surface area (Å²) in [6.07, 6.45) is 1.47. The zero-order valence-corrected chi connectivity index (χ0v) is 14.8. The molecule has 2 aromatic carbocycles. The van der Waals surface area contributed by atoms with Crippen LogP contribution in [-0.4, -0.2) is 31.3 Å². The molecule has 1 aliphatic rings. The first-order valence-corrected chi connectivity index (χ1v) is 8.66. The lowest BCUT2D eigenvalue weighted by molar-refractivity contribution is -0.310. The van der Waals surface area contributed by atoms with Gasteiger partial charge in [0.1, 0.15) is 10.4 Å². The van der Waals surface area contributed by atoms with Crippen molar-refractivity contribution in [3.05, 3.63) is 64.6 Å². The molecule has 1 aliphatic heterocycles. The summed E-state index contributed by atoms with van der Waals surface area (Å²) in [4.78, 5) is 25.6. The summed E-state index contributed by atoms with van der Waals surface area (Å²) in [5, 5.41) is 30.6. The van der Waals surface area contributed by atoms with Crippen LogP contribution in [0.25, 0.3) is 6.08 Å². The number of carbonyl (C=O) groups excluding carboxylic acids is 2. The molecule has 1 atom stereocenters. The van der Waals surface area contributed by atoms with Gasteiger partial charge in [-0.3, -0.25) is 9.69 Å². The molecule has 6 nitrogen and oxygen atoms in total. The first kappa shape index (κ1) is 18.0. The molecule has 2 N–H and O–H groups in total. The maximum Gasteiger partial charge on any atom is 0.267 e. The van der Waals surface area contributed by atoms with Crippen LogP contribution in [0.2, 0.25) is 0 Å². The predicted molar refractivity (Wildman–Crippen MR) is 99.0 cm³/mol. The monoisotopic (exact) mass is 386 g/mol. The summed E-state index contributed by atoms with van der Waals surface area (Å²) < 4.78 is 0.0994. The van der Waals surface area contributed by atoms with Gasteiger partial charge in [0.05, 0.1) is 10.9 Å². The molecule has 1 amide bonds. The highest BCUT2D eigenvalue weighted by Crippen LogP contribution is 2.38. The van der Waals surface area contributed by atoms with Gasteiger partial charge < -0.3 is 20.1 Å². The molecule has 0 radical (unpaired) electrons. The standard InChI is InChI=1S/C18H13NO5S2/c20-12-7-6-10(8-13(12)21)9-14-16(22)19(18(25)26-14)15(17(23)24)11-4-2-1-3-5-11/h1-9,15,20-21H,(H,23,24)/p-1/b14-9+/t15-/m1/s1. The molecule has 1 fully saturated rings. The fourth-order valence-electron chi connectivity index (χ4n) is 2.51. The second kappa shape index (κ2) is 7.19. The minimum Gasteiger partial charge on any atom is -0.547 e. The third-order valence-corrected chi connectivity index (χ3v) is 5.05. The van der Waals surface area contributed by atoms with Crippen molar-refractivity contribution in [2.75, 3.05) is 0 Å². The maximum atomic E-state index is 12.7. The molecule has 26 heavy (non-hydrogen) atoms. The van der Waals surface area contributed by atoms with Crippen molar-refractivity contribution in [2.45, 2.75) is 6.04 Å². The Kier molecular flexibility index (Phi) is 4.97. The summed E-state index contributed by atoms with van der Waals surface area (Å²) in [5.74, 6) is -2.61. The quantitative estimate of drug-likeness (QED) is 0.469. The fraction of sp³-hybridized carbons (Fsp3) is 0.0556. The molecule has 0 unspecified atom stereocenters. The number of amides is 1. The van der Waals surface area contributed by atoms with E-state index in [2.05, 4.69) is 0 Å². The fourth-order valence-corrected chi connectivity index (χ4v) is 3.82. The Bertz CT molecular complexity index is 926. The van der Waals surface area contributed by atoms with Crippen molar-refractivity contribution in [3.8, 4) is 11.5 Å². The molecular formula is C18H12NO5S2-. The van der Waals surface area contributed by atoms with Crippen LogP contribution in [0.4, 0.5) is 0 Å². The Morgan fingerprint density at radius 1 is 1.15 bits per heavy atom. The lowest BCUT2D eigenvalue weighted by atomic mass is 10.1. The Hall–Kier alpha value is -2.84. The number of hydrogen-bond donors (Lipinski definition) is 2. The average Bonchev–Trinajstić information content (AvgIpc) is 2.87. The summed E-state index contributed by atoms with van der Waals surface area (Å²) in [6, 6.07) is 11.0. The lowest BCUT2D eigenvalue weighted by Crippen LogP contribution is -2.43. The molecule has 0 bridgehead atoms. The van der Waals surface area contributed by atoms with E-state index in [1.54, 1.807) is 30.3 Å². The van der Waals surface area contributed by atoms with Gasteiger partial charge in [0.15, 0.2) is 11.5 Å². The van der Waals surface area contributed by atoms with Crippen LogP contribution in [0.3, 0.4) is 0 Å². The van der Waals surface area contributed by atoms with Crippen LogP contribution in [0.5, 0.6) is 11.5 Å². The van der Waals surface area contributed by atoms with Crippen molar-refractivity contribution in [3.63, 3.8) is 0 Å². The average molecular weight is 386 g/mol. The van der Waals surface area contributed by atoms with Gasteiger partial charge in [-0.1, -0.05) is 60.4 Å². The number of aliphatic carboxylic acids is 1. The zero-order chi connectivity index (χ0) is 18.8. The molecule has 1 heterocycles. The highest BCUT2D eigenvalue weighted by molar-refractivity contribution is 8.26. The number of rotatable bonds is 4. The molecule has 0 aliphatic carbocycles. The van der Waals surface area contributed by atoms with Crippen molar-refractivity contribution in [2.24, 2.45) is 0 Å². The molecule has 0 saturated carbocycles. The van der Waals surface area contributed by atoms with Crippen LogP contribution in [-0.2, 0) is 9.59 Å². The van der Waals surface area contributed by atoms with Gasteiger partial charge in [0.25, 0.3) is 5.91 Å². The first-order valence-electron chi connectivity index (χ1n) is 7.43. The Balaban J connectivity index is 1.96. The second-order valence-electron chi connectivity index (χ2n) is 5.43. The van der Waals surface area contributed by atoms with E-state index in [0.29, 0.717) is 11.1 Å². The molecule has 8 heteroatoms. The topological polar surface area (TPSA) is 101 Å². The number of thioether (sulfide) groups is 1. The van der Waals surface area contributed by atoms with Crippen LogP contribution >= 0.6 is 24.0 Å². The highest BCUT2D eigenvalue weighted by Gasteiger charge is 2.38. The smallest absolute Gasteiger partial charge is 0.267 e. The lowest BCUT2D eigenvalue weighted by Gasteiger charge is -2.27. The number of carbonyl (C=O) groups is 2. The number of phenols is 2. The predicted octanol–water partition coefficient (Wildman–Crippen LogP) is 1.79. The number of carboxylic acids is 1. The van der Waals surface area contributed by atoms with Crippen molar-refractivity contribution in [1.82, 2.24) is 4.90 Å². The zero-order valence-electron chi connectivity index (χ0n) is 13.2. The molecule has 0 aromatic heterocycles. The van der Waals surface area contributed by atoms with Gasteiger partial charge >= 0.3 is 0 Å².